The second-order valence-electron chi connectivity index (χ2n) is 7.91. The van der Waals surface area contributed by atoms with Gasteiger partial charge >= 0.3 is 6.03 Å². The molecule has 156 valence electrons. The van der Waals surface area contributed by atoms with Crippen molar-refractivity contribution < 1.29 is 4.79 Å². The molecule has 0 aliphatic carbocycles. The summed E-state index contributed by atoms with van der Waals surface area (Å²) in [5.41, 5.74) is 6.05. The fourth-order valence-corrected chi connectivity index (χ4v) is 4.50. The zero-order valence-corrected chi connectivity index (χ0v) is 17.6. The molecule has 2 amide bonds. The molecule has 1 N–H and O–H groups in total. The van der Waals surface area contributed by atoms with Crippen LogP contribution in [0.4, 0.5) is 22.0 Å². The second-order valence-corrected chi connectivity index (χ2v) is 7.91. The molecule has 7 nitrogen and oxygen atoms in total. The molecule has 2 aliphatic rings. The van der Waals surface area contributed by atoms with Crippen LogP contribution in [0.1, 0.15) is 17.7 Å². The number of aromatic nitrogens is 2. The van der Waals surface area contributed by atoms with Crippen molar-refractivity contribution in [1.82, 2.24) is 9.97 Å². The van der Waals surface area contributed by atoms with Crippen LogP contribution in [0.25, 0.3) is 11.1 Å². The summed E-state index contributed by atoms with van der Waals surface area (Å²) in [7, 11) is 1.78. The Bertz CT molecular complexity index is 1160. The van der Waals surface area contributed by atoms with E-state index in [4.69, 9.17) is 0 Å². The number of benzene rings is 1. The van der Waals surface area contributed by atoms with Gasteiger partial charge in [0.1, 0.15) is 5.82 Å². The number of anilines is 3. The third kappa shape index (κ3) is 3.52. The Hall–Kier alpha value is -3.74. The smallest absolute Gasteiger partial charge is 0.327 e. The molecule has 1 atom stereocenters. The molecular weight excluding hydrogens is 388 g/mol. The minimum atomic E-state index is -0.153. The van der Waals surface area contributed by atoms with Crippen LogP contribution in [0.5, 0.6) is 0 Å². The van der Waals surface area contributed by atoms with Crippen molar-refractivity contribution in [3.63, 3.8) is 0 Å². The highest BCUT2D eigenvalue weighted by Crippen LogP contribution is 2.43. The lowest BCUT2D eigenvalue weighted by Crippen LogP contribution is -2.48. The van der Waals surface area contributed by atoms with Crippen LogP contribution in [0.3, 0.4) is 0 Å². The van der Waals surface area contributed by atoms with Crippen LogP contribution in [0, 0.1) is 6.92 Å². The Labute approximate surface area is 181 Å². The number of nitrogens with one attached hydrogen (secondary N) is 1. The van der Waals surface area contributed by atoms with Gasteiger partial charge in [-0.1, -0.05) is 6.07 Å². The number of aliphatic imine (C=N–C) groups is 1. The van der Waals surface area contributed by atoms with Gasteiger partial charge in [0.05, 0.1) is 17.4 Å². The predicted octanol–water partition coefficient (Wildman–Crippen LogP) is 4.13. The number of amides is 2. The minimum Gasteiger partial charge on any atom is -0.368 e. The van der Waals surface area contributed by atoms with E-state index in [0.29, 0.717) is 5.82 Å². The highest BCUT2D eigenvalue weighted by atomic mass is 16.2. The van der Waals surface area contributed by atoms with Crippen molar-refractivity contribution in [2.75, 3.05) is 35.3 Å². The van der Waals surface area contributed by atoms with Gasteiger partial charge in [-0.2, -0.15) is 0 Å². The molecule has 2 bridgehead atoms. The van der Waals surface area contributed by atoms with Crippen LogP contribution < -0.4 is 15.1 Å². The fraction of sp³-hybridized carbons (Fsp3) is 0.250. The lowest BCUT2D eigenvalue weighted by Gasteiger charge is -2.37. The van der Waals surface area contributed by atoms with Gasteiger partial charge in [-0.25, -0.2) is 9.78 Å². The normalized spacial score (nSPS) is 17.2. The molecular formula is C24H24N6O. The maximum absolute atomic E-state index is 13.4. The molecule has 0 radical (unpaired) electrons. The number of carbonyl (C=O) groups is 1. The molecule has 1 aromatic carbocycles. The summed E-state index contributed by atoms with van der Waals surface area (Å²) in [4.78, 5) is 30.5. The number of aryl methyl sites for hydroxylation is 1. The molecule has 3 aromatic rings. The number of hydrogen-bond acceptors (Lipinski definition) is 5. The largest absolute Gasteiger partial charge is 0.368 e. The highest BCUT2D eigenvalue weighted by Gasteiger charge is 2.39. The maximum atomic E-state index is 13.4. The third-order valence-corrected chi connectivity index (χ3v) is 5.87. The lowest BCUT2D eigenvalue weighted by atomic mass is 9.96. The summed E-state index contributed by atoms with van der Waals surface area (Å²) >= 11 is 0. The van der Waals surface area contributed by atoms with Gasteiger partial charge < -0.3 is 4.90 Å². The topological polar surface area (TPSA) is 73.7 Å². The zero-order valence-electron chi connectivity index (χ0n) is 17.6. The average Bonchev–Trinajstić information content (AvgIpc) is 3.19. The summed E-state index contributed by atoms with van der Waals surface area (Å²) < 4.78 is 0. The lowest BCUT2D eigenvalue weighted by molar-refractivity contribution is 0.255. The van der Waals surface area contributed by atoms with Crippen molar-refractivity contribution in [3.8, 4) is 11.1 Å². The Morgan fingerprint density at radius 1 is 1.16 bits per heavy atom. The van der Waals surface area contributed by atoms with Crippen molar-refractivity contribution in [3.05, 3.63) is 66.1 Å². The van der Waals surface area contributed by atoms with Gasteiger partial charge in [0, 0.05) is 50.0 Å². The first-order valence-electron chi connectivity index (χ1n) is 10.4. The van der Waals surface area contributed by atoms with E-state index in [1.807, 2.05) is 42.4 Å². The Balaban J connectivity index is 1.62. The van der Waals surface area contributed by atoms with Crippen molar-refractivity contribution in [1.29, 1.82) is 0 Å². The minimum absolute atomic E-state index is 0.133. The first-order chi connectivity index (χ1) is 15.1. The number of urea groups is 1. The first kappa shape index (κ1) is 19.2. The monoisotopic (exact) mass is 412 g/mol. The molecule has 5 rings (SSSR count). The van der Waals surface area contributed by atoms with E-state index in [1.54, 1.807) is 19.3 Å². The third-order valence-electron chi connectivity index (χ3n) is 5.87. The van der Waals surface area contributed by atoms with E-state index < -0.39 is 0 Å². The molecule has 1 saturated heterocycles. The molecule has 31 heavy (non-hydrogen) atoms. The van der Waals surface area contributed by atoms with Crippen LogP contribution in [-0.2, 0) is 0 Å². The first-order valence-corrected chi connectivity index (χ1v) is 10.4. The molecule has 1 fully saturated rings. The van der Waals surface area contributed by atoms with Gasteiger partial charge in [-0.05, 0) is 60.9 Å². The van der Waals surface area contributed by atoms with E-state index in [-0.39, 0.29) is 12.1 Å². The van der Waals surface area contributed by atoms with Gasteiger partial charge in [0.2, 0.25) is 0 Å². The van der Waals surface area contributed by atoms with Crippen LogP contribution in [0.15, 0.2) is 59.9 Å². The number of rotatable bonds is 3. The second kappa shape index (κ2) is 7.83. The number of fused-ring (bicyclic) bond motifs is 4. The maximum Gasteiger partial charge on any atom is 0.327 e. The van der Waals surface area contributed by atoms with Gasteiger partial charge in [0.15, 0.2) is 0 Å². The Kier molecular flexibility index (Phi) is 4.86. The van der Waals surface area contributed by atoms with Gasteiger partial charge in [0.25, 0.3) is 0 Å². The van der Waals surface area contributed by atoms with Crippen LogP contribution >= 0.6 is 0 Å². The summed E-state index contributed by atoms with van der Waals surface area (Å²) in [6, 6.07) is 13.8. The van der Waals surface area contributed by atoms with E-state index in [0.717, 1.165) is 53.3 Å². The summed E-state index contributed by atoms with van der Waals surface area (Å²) in [5, 5.41) is 2.96. The fourth-order valence-electron chi connectivity index (χ4n) is 4.50. The van der Waals surface area contributed by atoms with Gasteiger partial charge in [-0.15, -0.1) is 0 Å². The molecule has 4 heterocycles. The number of carbonyl (C=O) groups excluding carboxylic acids is 1. The Morgan fingerprint density at radius 2 is 2.06 bits per heavy atom. The van der Waals surface area contributed by atoms with Crippen molar-refractivity contribution in [2.45, 2.75) is 19.4 Å². The van der Waals surface area contributed by atoms with Crippen LogP contribution in [0.2, 0.25) is 0 Å². The molecule has 0 saturated carbocycles. The number of nitrogens with zero attached hydrogens (tertiary/aromatic N) is 5. The van der Waals surface area contributed by atoms with Crippen molar-refractivity contribution >= 4 is 29.4 Å². The number of pyridine rings is 2. The summed E-state index contributed by atoms with van der Waals surface area (Å²) in [6.07, 6.45) is 6.31. The standard InChI is InChI=1S/C24H24N6O/c1-16-11-17(6-9-26-16)20-13-22-21(12-18(20)14-25-2)29-10-7-19(15-29)30(22)24(31)28-23-5-3-4-8-27-23/h3-6,8-9,11-14,19H,7,10,15H2,1-2H3,(H,27,28,31)/t19-/m0/s1. The summed E-state index contributed by atoms with van der Waals surface area (Å²) in [5.74, 6) is 0.550. The highest BCUT2D eigenvalue weighted by molar-refractivity contribution is 6.07. The number of hydrogen-bond donors (Lipinski definition) is 1. The molecule has 7 heteroatoms. The molecule has 2 aliphatic heterocycles. The SMILES string of the molecule is CN=Cc1cc2c(cc1-c1ccnc(C)c1)N(C(=O)Nc1ccccn1)[C@H]1CCN2C1. The Morgan fingerprint density at radius 3 is 2.84 bits per heavy atom. The molecule has 0 spiro atoms. The van der Waals surface area contributed by atoms with Crippen molar-refractivity contribution in [2.24, 2.45) is 4.99 Å². The van der Waals surface area contributed by atoms with E-state index >= 15 is 0 Å². The molecule has 2 aromatic heterocycles. The quantitative estimate of drug-likeness (QED) is 0.657. The van der Waals surface area contributed by atoms with E-state index in [1.165, 1.54) is 0 Å². The van der Waals surface area contributed by atoms with E-state index in [9.17, 15) is 4.79 Å². The predicted molar refractivity (Wildman–Crippen MR) is 124 cm³/mol. The molecule has 0 unspecified atom stereocenters. The van der Waals surface area contributed by atoms with Crippen LogP contribution in [-0.4, -0.2) is 48.4 Å². The van der Waals surface area contributed by atoms with E-state index in [2.05, 4.69) is 43.4 Å². The average molecular weight is 412 g/mol. The zero-order chi connectivity index (χ0) is 21.4. The van der Waals surface area contributed by atoms with Gasteiger partial charge in [-0.3, -0.25) is 20.2 Å². The summed E-state index contributed by atoms with van der Waals surface area (Å²) in [6.45, 7) is 3.74.